The van der Waals surface area contributed by atoms with Gasteiger partial charge in [-0.1, -0.05) is 23.7 Å². The first-order valence-electron chi connectivity index (χ1n) is 11.6. The van der Waals surface area contributed by atoms with Crippen LogP contribution in [0.25, 0.3) is 16.6 Å². The lowest BCUT2D eigenvalue weighted by molar-refractivity contribution is 0.0910. The molecule has 0 unspecified atom stereocenters. The third-order valence-corrected chi connectivity index (χ3v) is 6.38. The lowest BCUT2D eigenvalue weighted by Crippen LogP contribution is -2.28. The predicted octanol–water partition coefficient (Wildman–Crippen LogP) is 6.03. The maximum absolute atomic E-state index is 14.4. The van der Waals surface area contributed by atoms with Crippen LogP contribution in [0.5, 0.6) is 5.75 Å². The zero-order valence-electron chi connectivity index (χ0n) is 20.6. The molecule has 1 N–H and O–H groups in total. The zero-order chi connectivity index (χ0) is 27.0. The van der Waals surface area contributed by atoms with Crippen molar-refractivity contribution in [3.05, 3.63) is 100 Å². The Morgan fingerprint density at radius 2 is 2.03 bits per heavy atom. The van der Waals surface area contributed by atoms with E-state index in [1.807, 2.05) is 13.0 Å². The first-order valence-corrected chi connectivity index (χ1v) is 12.0. The van der Waals surface area contributed by atoms with Crippen molar-refractivity contribution in [2.24, 2.45) is 0 Å². The molecule has 0 spiro atoms. The number of oxazole rings is 1. The summed E-state index contributed by atoms with van der Waals surface area (Å²) in [7, 11) is 0. The van der Waals surface area contributed by atoms with Crippen molar-refractivity contribution in [3.63, 3.8) is 0 Å². The van der Waals surface area contributed by atoms with E-state index in [-0.39, 0.29) is 17.4 Å². The summed E-state index contributed by atoms with van der Waals surface area (Å²) in [5.74, 6) is -0.985. The van der Waals surface area contributed by atoms with E-state index in [2.05, 4.69) is 20.4 Å². The molecule has 3 heterocycles. The fourth-order valence-electron chi connectivity index (χ4n) is 4.24. The maximum Gasteiger partial charge on any atom is 0.289 e. The number of para-hydroxylation sites is 1. The smallest absolute Gasteiger partial charge is 0.289 e. The molecule has 0 aliphatic heterocycles. The summed E-state index contributed by atoms with van der Waals surface area (Å²) in [5.41, 5.74) is 3.24. The lowest BCUT2D eigenvalue weighted by Gasteiger charge is -2.20. The van der Waals surface area contributed by atoms with E-state index in [9.17, 15) is 13.6 Å². The maximum atomic E-state index is 14.4. The monoisotopic (exact) mass is 537 g/mol. The van der Waals surface area contributed by atoms with Crippen LogP contribution in [0.15, 0.2) is 59.6 Å². The fourth-order valence-corrected chi connectivity index (χ4v) is 4.51. The first kappa shape index (κ1) is 25.3. The highest BCUT2D eigenvalue weighted by Crippen LogP contribution is 2.32. The Morgan fingerprint density at radius 3 is 2.74 bits per heavy atom. The molecule has 0 radical (unpaired) electrons. The molecule has 0 aliphatic rings. The third kappa shape index (κ3) is 4.95. The minimum Gasteiger partial charge on any atom is -0.487 e. The molecule has 1 amide bonds. The van der Waals surface area contributed by atoms with Crippen LogP contribution in [0.3, 0.4) is 0 Å². The van der Waals surface area contributed by atoms with Crippen LogP contribution in [-0.4, -0.2) is 25.7 Å². The van der Waals surface area contributed by atoms with Gasteiger partial charge >= 0.3 is 0 Å². The van der Waals surface area contributed by atoms with E-state index in [1.54, 1.807) is 32.0 Å². The van der Waals surface area contributed by atoms with Gasteiger partial charge in [0, 0.05) is 16.6 Å². The van der Waals surface area contributed by atoms with Crippen molar-refractivity contribution in [3.8, 4) is 11.4 Å². The summed E-state index contributed by atoms with van der Waals surface area (Å²) < 4.78 is 40.8. The number of nitrogens with zero attached hydrogens (tertiary/aromatic N) is 4. The Bertz CT molecular complexity index is 1670. The summed E-state index contributed by atoms with van der Waals surface area (Å²) >= 11 is 6.43. The van der Waals surface area contributed by atoms with E-state index in [0.29, 0.717) is 44.9 Å². The van der Waals surface area contributed by atoms with Gasteiger partial charge in [-0.2, -0.15) is 5.10 Å². The van der Waals surface area contributed by atoms with E-state index >= 15 is 0 Å². The standard InChI is InChI=1S/C27H22ClF2N5O3/c1-14-7-23(35-11-18(30)10-32-35)19-5-4-6-24(25(19)33-14)37-12-21-20(8-17(29)9-22(21)28)15(2)34-27(36)26-16(3)31-13-38-26/h4-11,13,15H,12H2,1-3H3,(H,34,36)/t15-/m0/s1. The molecule has 0 bridgehead atoms. The quantitative estimate of drug-likeness (QED) is 0.272. The number of ether oxygens (including phenoxy) is 1. The molecule has 194 valence electrons. The van der Waals surface area contributed by atoms with Gasteiger partial charge in [-0.25, -0.2) is 23.4 Å². The van der Waals surface area contributed by atoms with Crippen LogP contribution in [0, 0.1) is 25.5 Å². The topological polar surface area (TPSA) is 95.1 Å². The van der Waals surface area contributed by atoms with Crippen molar-refractivity contribution in [1.82, 2.24) is 25.1 Å². The van der Waals surface area contributed by atoms with Gasteiger partial charge in [0.15, 0.2) is 12.2 Å². The summed E-state index contributed by atoms with van der Waals surface area (Å²) in [4.78, 5) is 21.2. The fraction of sp³-hybridized carbons (Fsp3) is 0.185. The highest BCUT2D eigenvalue weighted by atomic mass is 35.5. The number of carbonyl (C=O) groups is 1. The van der Waals surface area contributed by atoms with Crippen molar-refractivity contribution in [1.29, 1.82) is 0 Å². The molecule has 5 rings (SSSR count). The predicted molar refractivity (Wildman–Crippen MR) is 136 cm³/mol. The van der Waals surface area contributed by atoms with Crippen LogP contribution in [0.1, 0.15) is 46.0 Å². The van der Waals surface area contributed by atoms with Crippen molar-refractivity contribution in [2.75, 3.05) is 0 Å². The number of halogens is 3. The van der Waals surface area contributed by atoms with Gasteiger partial charge in [0.25, 0.3) is 5.91 Å². The number of aryl methyl sites for hydroxylation is 2. The Balaban J connectivity index is 1.47. The largest absolute Gasteiger partial charge is 0.487 e. The number of pyridine rings is 1. The molecule has 5 aromatic rings. The first-order chi connectivity index (χ1) is 18.2. The Hall–Kier alpha value is -4.31. The second kappa shape index (κ2) is 10.2. The average Bonchev–Trinajstić information content (AvgIpc) is 3.50. The number of hydrogen-bond donors (Lipinski definition) is 1. The minimum absolute atomic E-state index is 0.0313. The second-order valence-electron chi connectivity index (χ2n) is 8.74. The summed E-state index contributed by atoms with van der Waals surface area (Å²) in [6, 6.07) is 9.03. The Morgan fingerprint density at radius 1 is 1.21 bits per heavy atom. The second-order valence-corrected chi connectivity index (χ2v) is 9.15. The molecule has 0 fully saturated rings. The molecule has 0 saturated carbocycles. The molecule has 8 nitrogen and oxygen atoms in total. The van der Waals surface area contributed by atoms with E-state index in [1.165, 1.54) is 29.4 Å². The molecule has 38 heavy (non-hydrogen) atoms. The number of carbonyl (C=O) groups excluding carboxylic acids is 1. The lowest BCUT2D eigenvalue weighted by atomic mass is 10.0. The number of fused-ring (bicyclic) bond motifs is 1. The highest BCUT2D eigenvalue weighted by molar-refractivity contribution is 6.31. The van der Waals surface area contributed by atoms with Gasteiger partial charge in [-0.3, -0.25) is 4.79 Å². The molecule has 0 aliphatic carbocycles. The van der Waals surface area contributed by atoms with Gasteiger partial charge in [0.1, 0.15) is 23.7 Å². The Kier molecular flexibility index (Phi) is 6.81. The molecule has 11 heteroatoms. The number of amides is 1. The molecule has 0 saturated heterocycles. The van der Waals surface area contributed by atoms with Crippen LogP contribution < -0.4 is 10.1 Å². The van der Waals surface area contributed by atoms with Gasteiger partial charge in [0.05, 0.1) is 34.8 Å². The molecule has 2 aromatic carbocycles. The van der Waals surface area contributed by atoms with Gasteiger partial charge in [-0.05, 0) is 50.6 Å². The van der Waals surface area contributed by atoms with E-state index in [0.717, 1.165) is 6.20 Å². The number of rotatable bonds is 7. The normalized spacial score (nSPS) is 12.1. The van der Waals surface area contributed by atoms with E-state index < -0.39 is 23.6 Å². The van der Waals surface area contributed by atoms with Crippen molar-refractivity contribution >= 4 is 28.4 Å². The van der Waals surface area contributed by atoms with Gasteiger partial charge in [0.2, 0.25) is 5.76 Å². The van der Waals surface area contributed by atoms with Crippen LogP contribution in [0.4, 0.5) is 8.78 Å². The third-order valence-electron chi connectivity index (χ3n) is 6.04. The molecular weight excluding hydrogens is 516 g/mol. The van der Waals surface area contributed by atoms with Crippen LogP contribution in [0.2, 0.25) is 5.02 Å². The summed E-state index contributed by atoms with van der Waals surface area (Å²) in [6.07, 6.45) is 3.59. The number of aromatic nitrogens is 4. The number of nitrogens with one attached hydrogen (secondary N) is 1. The molecular formula is C27H22ClF2N5O3. The number of benzene rings is 2. The summed E-state index contributed by atoms with van der Waals surface area (Å²) in [5, 5.41) is 7.71. The van der Waals surface area contributed by atoms with Gasteiger partial charge < -0.3 is 14.5 Å². The van der Waals surface area contributed by atoms with Crippen molar-refractivity contribution in [2.45, 2.75) is 33.4 Å². The minimum atomic E-state index is -0.631. The average molecular weight is 538 g/mol. The number of hydrogen-bond acceptors (Lipinski definition) is 6. The zero-order valence-corrected chi connectivity index (χ0v) is 21.4. The van der Waals surface area contributed by atoms with E-state index in [4.69, 9.17) is 20.8 Å². The SMILES string of the molecule is Cc1cc(-n2cc(F)cn2)c2cccc(OCc3c(Cl)cc(F)cc3[C@H](C)NC(=O)c3ocnc3C)c2n1. The Labute approximate surface area is 221 Å². The molecule has 3 aromatic heterocycles. The summed E-state index contributed by atoms with van der Waals surface area (Å²) in [6.45, 7) is 5.14. The van der Waals surface area contributed by atoms with Crippen LogP contribution >= 0.6 is 11.6 Å². The van der Waals surface area contributed by atoms with Crippen LogP contribution in [-0.2, 0) is 6.61 Å². The van der Waals surface area contributed by atoms with Crippen molar-refractivity contribution < 1.29 is 22.7 Å². The van der Waals surface area contributed by atoms with Gasteiger partial charge in [-0.15, -0.1) is 0 Å². The highest BCUT2D eigenvalue weighted by Gasteiger charge is 2.22. The molecule has 1 atom stereocenters.